The smallest absolute Gasteiger partial charge is 0.226 e. The molecule has 4 heteroatoms. The molecule has 0 fully saturated rings. The molecule has 3 aromatic rings. The molecule has 0 spiro atoms. The van der Waals surface area contributed by atoms with Crippen LogP contribution in [0.2, 0.25) is 0 Å². The minimum atomic E-state index is -0.122. The summed E-state index contributed by atoms with van der Waals surface area (Å²) >= 11 is 0. The molecule has 0 aliphatic heterocycles. The Labute approximate surface area is 154 Å². The Morgan fingerprint density at radius 2 is 2.00 bits per heavy atom. The van der Waals surface area contributed by atoms with Crippen LogP contribution < -0.4 is 5.32 Å². The highest BCUT2D eigenvalue weighted by Gasteiger charge is 2.28. The Bertz CT molecular complexity index is 870. The van der Waals surface area contributed by atoms with Crippen molar-refractivity contribution in [1.82, 2.24) is 15.3 Å². The Hall–Kier alpha value is -2.46. The molecule has 4 nitrogen and oxygen atoms in total. The van der Waals surface area contributed by atoms with E-state index in [0.717, 1.165) is 30.6 Å². The summed E-state index contributed by atoms with van der Waals surface area (Å²) in [6.45, 7) is 5.23. The zero-order valence-corrected chi connectivity index (χ0v) is 15.4. The highest BCUT2D eigenvalue weighted by Crippen LogP contribution is 2.30. The van der Waals surface area contributed by atoms with Gasteiger partial charge in [0.1, 0.15) is 6.26 Å². The van der Waals surface area contributed by atoms with Crippen molar-refractivity contribution in [2.24, 2.45) is 0 Å². The quantitative estimate of drug-likeness (QED) is 0.728. The summed E-state index contributed by atoms with van der Waals surface area (Å²) in [6.07, 6.45) is 7.16. The highest BCUT2D eigenvalue weighted by atomic mass is 16.3. The first-order chi connectivity index (χ1) is 12.6. The number of rotatable bonds is 5. The van der Waals surface area contributed by atoms with E-state index in [1.807, 2.05) is 42.6 Å². The molecule has 1 N–H and O–H groups in total. The number of benzene rings is 1. The van der Waals surface area contributed by atoms with Gasteiger partial charge in [0.25, 0.3) is 0 Å². The van der Waals surface area contributed by atoms with Crippen molar-refractivity contribution in [2.75, 3.05) is 6.54 Å². The average molecular weight is 347 g/mol. The fourth-order valence-electron chi connectivity index (χ4n) is 3.57. The molecule has 1 unspecified atom stereocenters. The maximum atomic E-state index is 5.73. The lowest BCUT2D eigenvalue weighted by atomic mass is 9.87. The Morgan fingerprint density at radius 3 is 2.85 bits per heavy atom. The van der Waals surface area contributed by atoms with Crippen LogP contribution in [0.15, 0.2) is 59.3 Å². The van der Waals surface area contributed by atoms with Gasteiger partial charge in [0.05, 0.1) is 11.4 Å². The van der Waals surface area contributed by atoms with Crippen LogP contribution in [-0.2, 0) is 11.8 Å². The Balaban J connectivity index is 1.48. The van der Waals surface area contributed by atoms with Gasteiger partial charge < -0.3 is 9.73 Å². The van der Waals surface area contributed by atoms with Gasteiger partial charge in [0.15, 0.2) is 0 Å². The zero-order valence-electron chi connectivity index (χ0n) is 15.4. The molecule has 0 saturated heterocycles. The number of aryl methyl sites for hydroxylation is 1. The minimum Gasteiger partial charge on any atom is -0.444 e. The molecule has 134 valence electrons. The summed E-state index contributed by atoms with van der Waals surface area (Å²) in [7, 11) is 0. The van der Waals surface area contributed by atoms with E-state index in [2.05, 4.69) is 30.2 Å². The van der Waals surface area contributed by atoms with Crippen LogP contribution in [0.4, 0.5) is 0 Å². The number of nitrogens with zero attached hydrogens (tertiary/aromatic N) is 2. The predicted molar refractivity (Wildman–Crippen MR) is 103 cm³/mol. The Morgan fingerprint density at radius 1 is 1.15 bits per heavy atom. The second-order valence-electron chi connectivity index (χ2n) is 7.66. The predicted octanol–water partition coefficient (Wildman–Crippen LogP) is 4.68. The zero-order chi connectivity index (χ0) is 18.0. The molecule has 26 heavy (non-hydrogen) atoms. The monoisotopic (exact) mass is 347 g/mol. The van der Waals surface area contributed by atoms with Crippen molar-refractivity contribution in [3.8, 4) is 11.5 Å². The third-order valence-corrected chi connectivity index (χ3v) is 5.20. The van der Waals surface area contributed by atoms with Crippen molar-refractivity contribution in [1.29, 1.82) is 0 Å². The normalized spacial score (nSPS) is 17.1. The van der Waals surface area contributed by atoms with Crippen LogP contribution in [0, 0.1) is 0 Å². The van der Waals surface area contributed by atoms with E-state index in [1.54, 1.807) is 6.26 Å². The van der Waals surface area contributed by atoms with Gasteiger partial charge in [-0.05, 0) is 43.0 Å². The summed E-state index contributed by atoms with van der Waals surface area (Å²) in [4.78, 5) is 9.36. The number of pyridine rings is 1. The summed E-state index contributed by atoms with van der Waals surface area (Å²) in [5.41, 5.74) is 4.44. The molecular weight excluding hydrogens is 322 g/mol. The molecule has 2 aromatic heterocycles. The molecule has 0 radical (unpaired) electrons. The third-order valence-electron chi connectivity index (χ3n) is 5.20. The fraction of sp³-hybridized carbons (Fsp3) is 0.364. The molecular formula is C22H25N3O. The van der Waals surface area contributed by atoms with Crippen LogP contribution in [0.5, 0.6) is 0 Å². The standard InChI is InChI=1S/C22H25N3O/c1-22(2,19-14-26-21(25-19)17-8-4-3-5-9-17)15-24-18-12-6-10-16-11-7-13-23-20(16)18/h3-5,7-9,11,13-14,18,24H,6,10,12,15H2,1-2H3. The lowest BCUT2D eigenvalue weighted by molar-refractivity contribution is 0.381. The van der Waals surface area contributed by atoms with E-state index in [4.69, 9.17) is 9.40 Å². The lowest BCUT2D eigenvalue weighted by Crippen LogP contribution is -2.37. The van der Waals surface area contributed by atoms with E-state index in [9.17, 15) is 0 Å². The SMILES string of the molecule is CC(C)(CNC1CCCc2cccnc21)c1coc(-c2ccccc2)n1. The second kappa shape index (κ2) is 7.04. The van der Waals surface area contributed by atoms with Crippen molar-refractivity contribution in [3.05, 3.63) is 71.9 Å². The molecule has 1 atom stereocenters. The fourth-order valence-corrected chi connectivity index (χ4v) is 3.57. The molecule has 2 heterocycles. The molecule has 0 amide bonds. The number of fused-ring (bicyclic) bond motifs is 1. The van der Waals surface area contributed by atoms with Crippen molar-refractivity contribution in [2.45, 2.75) is 44.6 Å². The van der Waals surface area contributed by atoms with Gasteiger partial charge in [0, 0.05) is 29.8 Å². The number of hydrogen-bond acceptors (Lipinski definition) is 4. The van der Waals surface area contributed by atoms with Gasteiger partial charge in [-0.1, -0.05) is 38.1 Å². The first-order valence-electron chi connectivity index (χ1n) is 9.32. The van der Waals surface area contributed by atoms with E-state index < -0.39 is 0 Å². The van der Waals surface area contributed by atoms with Crippen LogP contribution >= 0.6 is 0 Å². The number of hydrogen-bond donors (Lipinski definition) is 1. The van der Waals surface area contributed by atoms with Gasteiger partial charge in [-0.25, -0.2) is 4.98 Å². The lowest BCUT2D eigenvalue weighted by Gasteiger charge is -2.29. The van der Waals surface area contributed by atoms with Crippen LogP contribution in [0.3, 0.4) is 0 Å². The van der Waals surface area contributed by atoms with E-state index in [0.29, 0.717) is 11.9 Å². The third kappa shape index (κ3) is 3.42. The maximum Gasteiger partial charge on any atom is 0.226 e. The highest BCUT2D eigenvalue weighted by molar-refractivity contribution is 5.52. The first kappa shape index (κ1) is 17.0. The Kier molecular flexibility index (Phi) is 4.60. The summed E-state index contributed by atoms with van der Waals surface area (Å²) < 4.78 is 5.73. The molecule has 4 rings (SSSR count). The van der Waals surface area contributed by atoms with Gasteiger partial charge in [0.2, 0.25) is 5.89 Å². The largest absolute Gasteiger partial charge is 0.444 e. The van der Waals surface area contributed by atoms with E-state index in [-0.39, 0.29) is 5.41 Å². The molecule has 1 aromatic carbocycles. The van der Waals surface area contributed by atoms with Gasteiger partial charge in [-0.2, -0.15) is 0 Å². The summed E-state index contributed by atoms with van der Waals surface area (Å²) in [6, 6.07) is 14.6. The van der Waals surface area contributed by atoms with Crippen LogP contribution in [-0.4, -0.2) is 16.5 Å². The molecule has 0 saturated carbocycles. The number of oxazole rings is 1. The van der Waals surface area contributed by atoms with Crippen molar-refractivity contribution >= 4 is 0 Å². The molecule has 1 aliphatic rings. The van der Waals surface area contributed by atoms with Crippen LogP contribution in [0.1, 0.15) is 49.7 Å². The van der Waals surface area contributed by atoms with E-state index >= 15 is 0 Å². The van der Waals surface area contributed by atoms with Crippen molar-refractivity contribution < 1.29 is 4.42 Å². The van der Waals surface area contributed by atoms with E-state index in [1.165, 1.54) is 17.7 Å². The average Bonchev–Trinajstić information content (AvgIpc) is 3.18. The number of nitrogens with one attached hydrogen (secondary N) is 1. The van der Waals surface area contributed by atoms with Crippen molar-refractivity contribution in [3.63, 3.8) is 0 Å². The summed E-state index contributed by atoms with van der Waals surface area (Å²) in [5, 5.41) is 3.72. The topological polar surface area (TPSA) is 51.0 Å². The molecule has 1 aliphatic carbocycles. The summed E-state index contributed by atoms with van der Waals surface area (Å²) in [5.74, 6) is 0.679. The first-order valence-corrected chi connectivity index (χ1v) is 9.32. The number of aromatic nitrogens is 2. The maximum absolute atomic E-state index is 5.73. The minimum absolute atomic E-state index is 0.122. The second-order valence-corrected chi connectivity index (χ2v) is 7.66. The van der Waals surface area contributed by atoms with Gasteiger partial charge in [-0.3, -0.25) is 4.98 Å². The van der Waals surface area contributed by atoms with Gasteiger partial charge >= 0.3 is 0 Å². The van der Waals surface area contributed by atoms with Gasteiger partial charge in [-0.15, -0.1) is 0 Å². The molecule has 0 bridgehead atoms. The van der Waals surface area contributed by atoms with Crippen LogP contribution in [0.25, 0.3) is 11.5 Å².